The van der Waals surface area contributed by atoms with E-state index in [0.717, 1.165) is 24.3 Å². The molecule has 0 spiro atoms. The number of aromatic hydroxyl groups is 1. The largest absolute Gasteiger partial charge is 0.505 e. The van der Waals surface area contributed by atoms with E-state index in [-0.39, 0.29) is 5.75 Å². The Morgan fingerprint density at radius 2 is 1.90 bits per heavy atom. The molecule has 0 unspecified atom stereocenters. The van der Waals surface area contributed by atoms with E-state index in [1.807, 2.05) is 30.3 Å². The third-order valence-corrected chi connectivity index (χ3v) is 2.85. The molecule has 0 heterocycles. The molecule has 0 radical (unpaired) electrons. The number of phenolic OH excluding ortho intramolecular Hbond substituents is 1. The topological polar surface area (TPSA) is 41.5 Å². The van der Waals surface area contributed by atoms with Crippen molar-refractivity contribution in [3.63, 3.8) is 0 Å². The summed E-state index contributed by atoms with van der Waals surface area (Å²) in [6.45, 7) is 2.00. The van der Waals surface area contributed by atoms with Crippen molar-refractivity contribution < 1.29 is 14.2 Å². The maximum absolute atomic E-state index is 13.1. The quantitative estimate of drug-likeness (QED) is 0.763. The van der Waals surface area contributed by atoms with Crippen LogP contribution in [0.1, 0.15) is 12.0 Å². The lowest BCUT2D eigenvalue weighted by Crippen LogP contribution is -2.17. The van der Waals surface area contributed by atoms with Gasteiger partial charge in [-0.15, -0.1) is 0 Å². The van der Waals surface area contributed by atoms with Crippen molar-refractivity contribution in [1.82, 2.24) is 5.32 Å². The van der Waals surface area contributed by atoms with Gasteiger partial charge in [0.15, 0.2) is 11.6 Å². The molecular formula is C16H18FNO2. The van der Waals surface area contributed by atoms with E-state index in [1.54, 1.807) is 6.07 Å². The molecule has 0 bridgehead atoms. The highest BCUT2D eigenvalue weighted by Gasteiger charge is 2.01. The van der Waals surface area contributed by atoms with Gasteiger partial charge in [-0.05, 0) is 42.8 Å². The van der Waals surface area contributed by atoms with Crippen molar-refractivity contribution in [2.45, 2.75) is 13.0 Å². The Morgan fingerprint density at radius 1 is 1.10 bits per heavy atom. The van der Waals surface area contributed by atoms with Crippen LogP contribution in [-0.4, -0.2) is 18.3 Å². The van der Waals surface area contributed by atoms with Crippen LogP contribution in [0.3, 0.4) is 0 Å². The van der Waals surface area contributed by atoms with E-state index in [2.05, 4.69) is 5.32 Å². The molecule has 2 N–H and O–H groups in total. The first-order valence-electron chi connectivity index (χ1n) is 6.61. The fourth-order valence-corrected chi connectivity index (χ4v) is 1.80. The number of nitrogens with one attached hydrogen (secondary N) is 1. The average molecular weight is 275 g/mol. The molecule has 0 aliphatic heterocycles. The minimum Gasteiger partial charge on any atom is -0.505 e. The number of ether oxygens (including phenoxy) is 1. The van der Waals surface area contributed by atoms with Crippen LogP contribution in [0.15, 0.2) is 48.5 Å². The number of benzene rings is 2. The second kappa shape index (κ2) is 7.50. The molecule has 2 aromatic carbocycles. The van der Waals surface area contributed by atoms with Crippen LogP contribution in [0.4, 0.5) is 4.39 Å². The van der Waals surface area contributed by atoms with Gasteiger partial charge in [0.25, 0.3) is 0 Å². The lowest BCUT2D eigenvalue weighted by molar-refractivity contribution is 0.308. The summed E-state index contributed by atoms with van der Waals surface area (Å²) in [6, 6.07) is 14.1. The molecular weight excluding hydrogens is 257 g/mol. The molecule has 20 heavy (non-hydrogen) atoms. The SMILES string of the molecule is Oc1ccc(CNCCCOc2ccccc2)cc1F. The van der Waals surface area contributed by atoms with Crippen molar-refractivity contribution in [3.05, 3.63) is 59.9 Å². The minimum absolute atomic E-state index is 0.315. The number of hydrogen-bond acceptors (Lipinski definition) is 3. The van der Waals surface area contributed by atoms with Gasteiger partial charge in [-0.2, -0.15) is 0 Å². The van der Waals surface area contributed by atoms with Gasteiger partial charge in [-0.1, -0.05) is 24.3 Å². The van der Waals surface area contributed by atoms with Crippen LogP contribution in [0.5, 0.6) is 11.5 Å². The molecule has 4 heteroatoms. The summed E-state index contributed by atoms with van der Waals surface area (Å²) in [6.07, 6.45) is 0.870. The highest BCUT2D eigenvalue weighted by Crippen LogP contribution is 2.15. The van der Waals surface area contributed by atoms with E-state index in [4.69, 9.17) is 9.84 Å². The second-order valence-electron chi connectivity index (χ2n) is 4.48. The maximum Gasteiger partial charge on any atom is 0.165 e. The molecule has 3 nitrogen and oxygen atoms in total. The van der Waals surface area contributed by atoms with Crippen LogP contribution in [-0.2, 0) is 6.54 Å². The number of halogens is 1. The molecule has 106 valence electrons. The third kappa shape index (κ3) is 4.55. The molecule has 0 aliphatic carbocycles. The first-order chi connectivity index (χ1) is 9.75. The van der Waals surface area contributed by atoms with E-state index < -0.39 is 5.82 Å². The normalized spacial score (nSPS) is 10.4. The molecule has 0 aliphatic rings. The van der Waals surface area contributed by atoms with Crippen molar-refractivity contribution >= 4 is 0 Å². The lowest BCUT2D eigenvalue weighted by Gasteiger charge is -2.07. The van der Waals surface area contributed by atoms with E-state index >= 15 is 0 Å². The second-order valence-corrected chi connectivity index (χ2v) is 4.48. The summed E-state index contributed by atoms with van der Waals surface area (Å²) < 4.78 is 18.7. The zero-order valence-corrected chi connectivity index (χ0v) is 11.2. The summed E-state index contributed by atoms with van der Waals surface area (Å²) in [7, 11) is 0. The molecule has 0 atom stereocenters. The Balaban J connectivity index is 1.61. The molecule has 0 amide bonds. The summed E-state index contributed by atoms with van der Waals surface area (Å²) in [4.78, 5) is 0. The van der Waals surface area contributed by atoms with Gasteiger partial charge in [-0.25, -0.2) is 4.39 Å². The smallest absolute Gasteiger partial charge is 0.165 e. The summed E-state index contributed by atoms with van der Waals surface area (Å²) in [5, 5.41) is 12.3. The molecule has 2 aromatic rings. The first-order valence-corrected chi connectivity index (χ1v) is 6.61. The minimum atomic E-state index is -0.586. The Hall–Kier alpha value is -2.07. The molecule has 2 rings (SSSR count). The molecule has 0 saturated heterocycles. The third-order valence-electron chi connectivity index (χ3n) is 2.85. The van der Waals surface area contributed by atoms with Crippen molar-refractivity contribution in [3.8, 4) is 11.5 Å². The fraction of sp³-hybridized carbons (Fsp3) is 0.250. The Bertz CT molecular complexity index is 531. The average Bonchev–Trinajstić information content (AvgIpc) is 2.47. The van der Waals surface area contributed by atoms with Crippen molar-refractivity contribution in [2.75, 3.05) is 13.2 Å². The Kier molecular flexibility index (Phi) is 5.38. The van der Waals surface area contributed by atoms with Gasteiger partial charge < -0.3 is 15.2 Å². The van der Waals surface area contributed by atoms with Gasteiger partial charge in [0.1, 0.15) is 5.75 Å². The predicted octanol–water partition coefficient (Wildman–Crippen LogP) is 3.09. The van der Waals surface area contributed by atoms with Gasteiger partial charge >= 0.3 is 0 Å². The summed E-state index contributed by atoms with van der Waals surface area (Å²) in [5.41, 5.74) is 0.810. The van der Waals surface area contributed by atoms with Gasteiger partial charge in [-0.3, -0.25) is 0 Å². The molecule has 0 aromatic heterocycles. The van der Waals surface area contributed by atoms with Crippen molar-refractivity contribution in [2.24, 2.45) is 0 Å². The summed E-state index contributed by atoms with van der Waals surface area (Å²) in [5.74, 6) is -0.0326. The highest BCUT2D eigenvalue weighted by molar-refractivity contribution is 5.27. The Morgan fingerprint density at radius 3 is 2.65 bits per heavy atom. The Labute approximate surface area is 118 Å². The standard InChI is InChI=1S/C16H18FNO2/c17-15-11-13(7-8-16(15)19)12-18-9-4-10-20-14-5-2-1-3-6-14/h1-3,5-8,11,18-19H,4,9-10,12H2. The van der Waals surface area contributed by atoms with E-state index in [0.29, 0.717) is 13.2 Å². The zero-order chi connectivity index (χ0) is 14.2. The van der Waals surface area contributed by atoms with Crippen LogP contribution < -0.4 is 10.1 Å². The van der Waals surface area contributed by atoms with E-state index in [9.17, 15) is 4.39 Å². The van der Waals surface area contributed by atoms with E-state index in [1.165, 1.54) is 12.1 Å². The number of hydrogen-bond donors (Lipinski definition) is 2. The highest BCUT2D eigenvalue weighted by atomic mass is 19.1. The van der Waals surface area contributed by atoms with Gasteiger partial charge in [0.05, 0.1) is 6.61 Å². The number of rotatable bonds is 7. The number of phenols is 1. The first kappa shape index (κ1) is 14.3. The van der Waals surface area contributed by atoms with Crippen molar-refractivity contribution in [1.29, 1.82) is 0 Å². The molecule has 0 fully saturated rings. The monoisotopic (exact) mass is 275 g/mol. The molecule has 0 saturated carbocycles. The zero-order valence-electron chi connectivity index (χ0n) is 11.2. The van der Waals surface area contributed by atoms with Crippen LogP contribution in [0.25, 0.3) is 0 Å². The number of para-hydroxylation sites is 1. The predicted molar refractivity (Wildman–Crippen MR) is 76.3 cm³/mol. The van der Waals surface area contributed by atoms with Gasteiger partial charge in [0.2, 0.25) is 0 Å². The lowest BCUT2D eigenvalue weighted by atomic mass is 10.2. The van der Waals surface area contributed by atoms with Gasteiger partial charge in [0, 0.05) is 6.54 Å². The van der Waals surface area contributed by atoms with Crippen LogP contribution in [0, 0.1) is 5.82 Å². The van der Waals surface area contributed by atoms with Crippen LogP contribution in [0.2, 0.25) is 0 Å². The van der Waals surface area contributed by atoms with Crippen LogP contribution >= 0.6 is 0 Å². The maximum atomic E-state index is 13.1. The summed E-state index contributed by atoms with van der Waals surface area (Å²) >= 11 is 0. The fourth-order valence-electron chi connectivity index (χ4n) is 1.80.